The van der Waals surface area contributed by atoms with Crippen molar-refractivity contribution in [3.8, 4) is 22.3 Å². The summed E-state index contributed by atoms with van der Waals surface area (Å²) in [5, 5.41) is 0. The smallest absolute Gasteiger partial charge is 0.169 e. The van der Waals surface area contributed by atoms with Gasteiger partial charge >= 0.3 is 0 Å². The van der Waals surface area contributed by atoms with Crippen molar-refractivity contribution >= 4 is 94.1 Å². The van der Waals surface area contributed by atoms with E-state index < -0.39 is 0 Å². The zero-order chi connectivity index (χ0) is 36.4. The number of hydrogen-bond acceptors (Lipinski definition) is 8. The molecule has 0 spiro atoms. The topological polar surface area (TPSA) is 15.5 Å². The molecule has 54 heavy (non-hydrogen) atoms. The molecule has 0 radical (unpaired) electrons. The van der Waals surface area contributed by atoms with Gasteiger partial charge in [-0.15, -0.1) is 47.0 Å². The molecule has 0 saturated carbocycles. The van der Waals surface area contributed by atoms with Crippen LogP contribution >= 0.6 is 94.1 Å². The monoisotopic (exact) mass is 864 g/mol. The van der Waals surface area contributed by atoms with Gasteiger partial charge < -0.3 is 0 Å². The fourth-order valence-corrected chi connectivity index (χ4v) is 18.8. The number of rotatable bonds is 0. The van der Waals surface area contributed by atoms with Gasteiger partial charge in [0.15, 0.2) is 49.6 Å². The van der Waals surface area contributed by atoms with Crippen molar-refractivity contribution in [2.45, 2.75) is 77.5 Å². The van der Waals surface area contributed by atoms with E-state index in [1.807, 2.05) is 0 Å². The van der Waals surface area contributed by atoms with Crippen LogP contribution in [0, 0.1) is 0 Å². The molecule has 13 heterocycles. The maximum atomic E-state index is 2.35. The zero-order valence-corrected chi connectivity index (χ0v) is 37.1. The molecule has 0 N–H and O–H groups in total. The zero-order valence-electron chi connectivity index (χ0n) is 30.6. The van der Waals surface area contributed by atoms with E-state index in [-0.39, 0.29) is 0 Å². The van der Waals surface area contributed by atoms with Gasteiger partial charge in [-0.2, -0.15) is 0 Å². The Labute approximate surface area is 355 Å². The van der Waals surface area contributed by atoms with Crippen molar-refractivity contribution in [1.29, 1.82) is 0 Å². The highest BCUT2D eigenvalue weighted by Crippen LogP contribution is 2.66. The maximum absolute atomic E-state index is 2.35. The van der Waals surface area contributed by atoms with Gasteiger partial charge in [0, 0.05) is 74.2 Å². The number of pyridine rings is 4. The van der Waals surface area contributed by atoms with Crippen LogP contribution in [0.25, 0.3) is 22.3 Å². The third-order valence-corrected chi connectivity index (χ3v) is 21.6. The molecular formula is C42H48N4S8+4. The van der Waals surface area contributed by atoms with E-state index in [4.69, 9.17) is 0 Å². The summed E-state index contributed by atoms with van der Waals surface area (Å²) >= 11 is 16.7. The summed E-state index contributed by atoms with van der Waals surface area (Å²) in [5.41, 5.74) is 5.17. The average molecular weight is 865 g/mol. The summed E-state index contributed by atoms with van der Waals surface area (Å²) in [4.78, 5) is 0. The van der Waals surface area contributed by atoms with Crippen molar-refractivity contribution in [2.24, 2.45) is 0 Å². The van der Waals surface area contributed by atoms with E-state index >= 15 is 0 Å². The lowest BCUT2D eigenvalue weighted by molar-refractivity contribution is -0.697. The van der Waals surface area contributed by atoms with Crippen LogP contribution in [0.5, 0.6) is 0 Å². The third kappa shape index (κ3) is 11.0. The molecular weight excluding hydrogens is 817 g/mol. The van der Waals surface area contributed by atoms with Gasteiger partial charge in [0.05, 0.1) is 25.4 Å². The summed E-state index contributed by atoms with van der Waals surface area (Å²) in [6.45, 7) is 4.28. The fourth-order valence-electron chi connectivity index (χ4n) is 6.51. The van der Waals surface area contributed by atoms with Gasteiger partial charge in [-0.05, 0) is 70.9 Å². The van der Waals surface area contributed by atoms with Crippen LogP contribution in [-0.2, 0) is 26.2 Å². The lowest BCUT2D eigenvalue weighted by atomic mass is 10.1. The average Bonchev–Trinajstić information content (AvgIpc) is 3.81. The highest BCUT2D eigenvalue weighted by molar-refractivity contribution is 8.45. The molecule has 0 atom stereocenters. The first kappa shape index (κ1) is 39.4. The molecule has 0 saturated heterocycles. The Hall–Kier alpha value is -1.38. The van der Waals surface area contributed by atoms with E-state index in [2.05, 4.69) is 210 Å². The lowest BCUT2D eigenvalue weighted by Crippen LogP contribution is -2.33. The van der Waals surface area contributed by atoms with E-state index in [9.17, 15) is 0 Å². The van der Waals surface area contributed by atoms with Gasteiger partial charge in [0.2, 0.25) is 0 Å². The molecule has 0 aromatic carbocycles. The Morgan fingerprint density at radius 2 is 0.500 bits per heavy atom. The summed E-state index contributed by atoms with van der Waals surface area (Å²) in [7, 11) is 0. The van der Waals surface area contributed by atoms with Crippen molar-refractivity contribution < 1.29 is 18.3 Å². The minimum atomic E-state index is 1.07. The molecule has 4 aromatic heterocycles. The Kier molecular flexibility index (Phi) is 14.9. The quantitative estimate of drug-likeness (QED) is 0.160. The number of fused-ring (bicyclic) bond motifs is 2. The second-order valence-corrected chi connectivity index (χ2v) is 23.7. The number of nitrogens with zero attached hydrogens (tertiary/aromatic N) is 4. The molecule has 13 rings (SSSR count). The summed E-state index contributed by atoms with van der Waals surface area (Å²) in [6, 6.07) is 18.2. The minimum absolute atomic E-state index is 1.07. The number of aromatic nitrogens is 4. The predicted octanol–water partition coefficient (Wildman–Crippen LogP) is 11.3. The normalized spacial score (nSPS) is 19.7. The Bertz CT molecular complexity index is 1680. The van der Waals surface area contributed by atoms with Gasteiger partial charge in [-0.3, -0.25) is 0 Å². The van der Waals surface area contributed by atoms with Gasteiger partial charge in [-0.25, -0.2) is 18.3 Å². The summed E-state index contributed by atoms with van der Waals surface area (Å²) in [6.07, 6.45) is 27.7. The molecule has 12 heteroatoms. The fraction of sp³-hybridized carbons (Fsp3) is 0.381. The first-order chi connectivity index (χ1) is 26.7. The van der Waals surface area contributed by atoms with Crippen LogP contribution in [0.3, 0.4) is 0 Å². The molecule has 0 unspecified atom stereocenters. The van der Waals surface area contributed by atoms with Crippen LogP contribution in [0.1, 0.15) is 51.4 Å². The maximum Gasteiger partial charge on any atom is 0.169 e. The predicted molar refractivity (Wildman–Crippen MR) is 243 cm³/mol. The van der Waals surface area contributed by atoms with Crippen LogP contribution in [0.2, 0.25) is 0 Å². The number of hydrogen-bond donors (Lipinski definition) is 0. The summed E-state index contributed by atoms with van der Waals surface area (Å²) < 4.78 is 18.6. The van der Waals surface area contributed by atoms with Crippen LogP contribution in [-0.4, -0.2) is 23.0 Å². The van der Waals surface area contributed by atoms with E-state index in [0.29, 0.717) is 0 Å². The molecule has 4 aromatic rings. The number of thioether (sulfide) groups is 8. The molecule has 9 aliphatic heterocycles. The van der Waals surface area contributed by atoms with E-state index in [1.165, 1.54) is 105 Å². The van der Waals surface area contributed by atoms with Crippen molar-refractivity contribution in [3.05, 3.63) is 124 Å². The molecule has 0 amide bonds. The molecule has 9 aliphatic rings. The largest absolute Gasteiger partial charge is 0.205 e. The van der Waals surface area contributed by atoms with E-state index in [0.717, 1.165) is 26.2 Å². The first-order valence-corrected chi connectivity index (χ1v) is 26.4. The Morgan fingerprint density at radius 1 is 0.278 bits per heavy atom. The molecule has 4 nitrogen and oxygen atoms in total. The highest BCUT2D eigenvalue weighted by atomic mass is 32.3. The molecule has 0 fully saturated rings. The minimum Gasteiger partial charge on any atom is -0.205 e. The van der Waals surface area contributed by atoms with Crippen LogP contribution in [0.15, 0.2) is 124 Å². The van der Waals surface area contributed by atoms with Gasteiger partial charge in [0.25, 0.3) is 0 Å². The lowest BCUT2D eigenvalue weighted by Gasteiger charge is -2.06. The SMILES string of the molecule is c1c[n+]2ccc1-c1cc[n+](cc1)CCCCSC1=C3SCCCC[n+]4ccc(cc4)-c4cc[n+](cc4)CCCCSC4=C(SCCCC2)SC(=C(S1)S3)S4. The van der Waals surface area contributed by atoms with Crippen LogP contribution in [0.4, 0.5) is 0 Å². The Morgan fingerprint density at radius 3 is 0.722 bits per heavy atom. The second-order valence-electron chi connectivity index (χ2n) is 13.7. The summed E-state index contributed by atoms with van der Waals surface area (Å²) in [5.74, 6) is 4.70. The van der Waals surface area contributed by atoms with Crippen molar-refractivity contribution in [3.63, 3.8) is 0 Å². The Balaban J connectivity index is 0.996. The first-order valence-electron chi connectivity index (χ1n) is 19.2. The van der Waals surface area contributed by atoms with Crippen molar-refractivity contribution in [2.75, 3.05) is 23.0 Å². The highest BCUT2D eigenvalue weighted by Gasteiger charge is 2.31. The van der Waals surface area contributed by atoms with Crippen LogP contribution < -0.4 is 18.3 Å². The molecule has 14 bridgehead atoms. The second kappa shape index (κ2) is 20.4. The molecule has 0 aliphatic carbocycles. The van der Waals surface area contributed by atoms with Gasteiger partial charge in [0.1, 0.15) is 26.2 Å². The van der Waals surface area contributed by atoms with Crippen molar-refractivity contribution in [1.82, 2.24) is 0 Å². The van der Waals surface area contributed by atoms with E-state index in [1.54, 1.807) is 16.9 Å². The third-order valence-electron chi connectivity index (χ3n) is 9.65. The number of aryl methyl sites for hydroxylation is 4. The standard InChI is InChI=1S/C42H48N4S8/c1-5-29-47-37-38-48-30-6-2-18-45-25-13-35(14-26-45)36-15-27-46(28-16-36)20-4-8-32-50-40-39(53-42(54-40)41(51-37)52-38)49-31-7-3-19-44-23-11-34(12-24-44)33-9-21-43(17-1)22-10-33/h9-16,21-28H,1-8,17-20,29-32H2/q+4. The molecule has 280 valence electrons. The van der Waals surface area contributed by atoms with Gasteiger partial charge in [-0.1, -0.05) is 47.0 Å².